The van der Waals surface area contributed by atoms with E-state index in [1.807, 2.05) is 6.08 Å². The van der Waals surface area contributed by atoms with Crippen LogP contribution in [0.3, 0.4) is 0 Å². The van der Waals surface area contributed by atoms with Crippen LogP contribution in [0, 0.1) is 0 Å². The van der Waals surface area contributed by atoms with Gasteiger partial charge in [-0.05, 0) is 83.5 Å². The Balaban J connectivity index is 4.29. The van der Waals surface area contributed by atoms with Crippen LogP contribution in [-0.4, -0.2) is 37.2 Å². The van der Waals surface area contributed by atoms with Gasteiger partial charge in [0, 0.05) is 19.3 Å². The van der Waals surface area contributed by atoms with E-state index in [4.69, 9.17) is 14.2 Å². The fourth-order valence-corrected chi connectivity index (χ4v) is 8.92. The average Bonchev–Trinajstić information content (AvgIpc) is 3.41. The minimum atomic E-state index is -0.805. The molecule has 0 spiro atoms. The summed E-state index contributed by atoms with van der Waals surface area (Å²) in [5.41, 5.74) is 0. The molecule has 0 rings (SSSR count). The lowest BCUT2D eigenvalue weighted by Gasteiger charge is -2.18. The van der Waals surface area contributed by atoms with Crippen LogP contribution >= 0.6 is 0 Å². The summed E-state index contributed by atoms with van der Waals surface area (Å²) in [7, 11) is 0. The Labute approximate surface area is 464 Å². The summed E-state index contributed by atoms with van der Waals surface area (Å²) in [5.74, 6) is -0.971. The van der Waals surface area contributed by atoms with Crippen LogP contribution < -0.4 is 0 Å². The van der Waals surface area contributed by atoms with Crippen molar-refractivity contribution in [1.82, 2.24) is 0 Å². The monoisotopic (exact) mass is 1040 g/mol. The molecule has 0 heterocycles. The van der Waals surface area contributed by atoms with E-state index in [1.54, 1.807) is 0 Å². The standard InChI is InChI=1S/C69H118O6/c1-4-7-10-13-16-19-22-25-27-29-30-31-32-33-34-35-36-37-38-40-41-44-47-50-53-56-59-62-68(71)74-65-66(64-73-67(70)61-58-55-52-49-46-43-24-21-18-15-12-9-6-3)75-69(72)63-60-57-54-51-48-45-42-39-28-26-23-20-17-14-11-8-5-2/h7,9-10,12,16,18-19,21,25,27,30-31,43,46,52,55,66H,4-6,8,11,13-15,17,20,22-24,26,28-29,32-42,44-45,47-51,53-54,56-65H2,1-3H3/b10-7-,12-9-,19-16-,21-18-,27-25-,31-30-,46-43-,55-52-. The molecule has 0 aliphatic carbocycles. The number of rotatable bonds is 57. The molecule has 0 aromatic rings. The zero-order chi connectivity index (χ0) is 54.3. The molecule has 0 aromatic carbocycles. The quantitative estimate of drug-likeness (QED) is 0.0261. The highest BCUT2D eigenvalue weighted by molar-refractivity contribution is 5.71. The van der Waals surface area contributed by atoms with Gasteiger partial charge < -0.3 is 14.2 Å². The van der Waals surface area contributed by atoms with Gasteiger partial charge in [0.2, 0.25) is 0 Å². The van der Waals surface area contributed by atoms with E-state index in [-0.39, 0.29) is 37.5 Å². The van der Waals surface area contributed by atoms with Crippen molar-refractivity contribution in [2.24, 2.45) is 0 Å². The second-order valence-corrected chi connectivity index (χ2v) is 20.9. The number of carbonyl (C=O) groups is 3. The number of carbonyl (C=O) groups excluding carboxylic acids is 3. The maximum absolute atomic E-state index is 12.9. The molecule has 6 heteroatoms. The van der Waals surface area contributed by atoms with Crippen molar-refractivity contribution in [3.8, 4) is 0 Å². The second-order valence-electron chi connectivity index (χ2n) is 20.9. The molecule has 0 aliphatic rings. The van der Waals surface area contributed by atoms with Crippen molar-refractivity contribution in [2.75, 3.05) is 13.2 Å². The van der Waals surface area contributed by atoms with Gasteiger partial charge in [0.15, 0.2) is 6.10 Å². The summed E-state index contributed by atoms with van der Waals surface area (Å²) in [6, 6.07) is 0. The molecular weight excluding hydrogens is 925 g/mol. The molecule has 0 N–H and O–H groups in total. The molecule has 0 bridgehead atoms. The Morgan fingerprint density at radius 2 is 0.547 bits per heavy atom. The molecule has 0 aromatic heterocycles. The Hall–Kier alpha value is -3.67. The Morgan fingerprint density at radius 3 is 0.893 bits per heavy atom. The minimum absolute atomic E-state index is 0.0968. The second kappa shape index (κ2) is 62.9. The van der Waals surface area contributed by atoms with Gasteiger partial charge in [0.25, 0.3) is 0 Å². The molecular formula is C69H118O6. The Morgan fingerprint density at radius 1 is 0.280 bits per heavy atom. The van der Waals surface area contributed by atoms with E-state index in [9.17, 15) is 14.4 Å². The van der Waals surface area contributed by atoms with Gasteiger partial charge in [-0.1, -0.05) is 298 Å². The van der Waals surface area contributed by atoms with Crippen molar-refractivity contribution < 1.29 is 28.6 Å². The summed E-state index contributed by atoms with van der Waals surface area (Å²) >= 11 is 0. The summed E-state index contributed by atoms with van der Waals surface area (Å²) < 4.78 is 16.8. The van der Waals surface area contributed by atoms with E-state index in [1.165, 1.54) is 167 Å². The van der Waals surface area contributed by atoms with E-state index in [0.29, 0.717) is 19.3 Å². The molecule has 0 saturated carbocycles. The molecule has 0 radical (unpaired) electrons. The highest BCUT2D eigenvalue weighted by atomic mass is 16.6. The first-order chi connectivity index (χ1) is 37.0. The number of esters is 3. The molecule has 75 heavy (non-hydrogen) atoms. The van der Waals surface area contributed by atoms with Crippen LogP contribution in [0.5, 0.6) is 0 Å². The first-order valence-corrected chi connectivity index (χ1v) is 31.7. The predicted molar refractivity (Wildman–Crippen MR) is 325 cm³/mol. The van der Waals surface area contributed by atoms with Crippen molar-refractivity contribution >= 4 is 17.9 Å². The van der Waals surface area contributed by atoms with Crippen LogP contribution in [0.15, 0.2) is 97.2 Å². The molecule has 0 fully saturated rings. The smallest absolute Gasteiger partial charge is 0.306 e. The van der Waals surface area contributed by atoms with E-state index >= 15 is 0 Å². The van der Waals surface area contributed by atoms with E-state index < -0.39 is 6.10 Å². The first kappa shape index (κ1) is 71.3. The SMILES string of the molecule is CC/C=C\C/C=C\C/C=C\C/C=C\CCCCCCCCCCCCCCCCC(=O)OCC(COC(=O)CC/C=C\C/C=C\C/C=C\C/C=C\CC)OC(=O)CCCCCCCCCCCCCCCCCCC. The van der Waals surface area contributed by atoms with Crippen molar-refractivity contribution in [3.63, 3.8) is 0 Å². The predicted octanol–water partition coefficient (Wildman–Crippen LogP) is 21.7. The van der Waals surface area contributed by atoms with Gasteiger partial charge in [-0.3, -0.25) is 14.4 Å². The molecule has 430 valence electrons. The summed E-state index contributed by atoms with van der Waals surface area (Å²) in [6.07, 6.45) is 84.4. The molecule has 6 nitrogen and oxygen atoms in total. The van der Waals surface area contributed by atoms with Crippen molar-refractivity contribution in [3.05, 3.63) is 97.2 Å². The van der Waals surface area contributed by atoms with E-state index in [0.717, 1.165) is 89.9 Å². The third kappa shape index (κ3) is 61.1. The summed E-state index contributed by atoms with van der Waals surface area (Å²) in [5, 5.41) is 0. The molecule has 0 saturated heterocycles. The third-order valence-electron chi connectivity index (χ3n) is 13.6. The van der Waals surface area contributed by atoms with Crippen LogP contribution in [0.25, 0.3) is 0 Å². The van der Waals surface area contributed by atoms with Gasteiger partial charge in [0.1, 0.15) is 13.2 Å². The summed E-state index contributed by atoms with van der Waals surface area (Å²) in [4.78, 5) is 38.2. The maximum Gasteiger partial charge on any atom is 0.306 e. The fourth-order valence-electron chi connectivity index (χ4n) is 8.92. The zero-order valence-corrected chi connectivity index (χ0v) is 49.3. The zero-order valence-electron chi connectivity index (χ0n) is 49.3. The van der Waals surface area contributed by atoms with Gasteiger partial charge in [-0.25, -0.2) is 0 Å². The number of hydrogen-bond donors (Lipinski definition) is 0. The fraction of sp³-hybridized carbons (Fsp3) is 0.725. The molecule has 1 atom stereocenters. The number of unbranched alkanes of at least 4 members (excludes halogenated alkanes) is 30. The molecule has 0 aliphatic heterocycles. The molecule has 0 amide bonds. The highest BCUT2D eigenvalue weighted by Crippen LogP contribution is 2.17. The number of allylic oxidation sites excluding steroid dienone is 16. The van der Waals surface area contributed by atoms with Crippen LogP contribution in [0.1, 0.15) is 303 Å². The lowest BCUT2D eigenvalue weighted by Crippen LogP contribution is -2.30. The third-order valence-corrected chi connectivity index (χ3v) is 13.6. The topological polar surface area (TPSA) is 78.9 Å². The van der Waals surface area contributed by atoms with Crippen LogP contribution in [-0.2, 0) is 28.6 Å². The lowest BCUT2D eigenvalue weighted by atomic mass is 10.0. The highest BCUT2D eigenvalue weighted by Gasteiger charge is 2.19. The van der Waals surface area contributed by atoms with Crippen molar-refractivity contribution in [2.45, 2.75) is 309 Å². The van der Waals surface area contributed by atoms with Crippen LogP contribution in [0.2, 0.25) is 0 Å². The van der Waals surface area contributed by atoms with Gasteiger partial charge in [0.05, 0.1) is 0 Å². The lowest BCUT2D eigenvalue weighted by molar-refractivity contribution is -0.166. The minimum Gasteiger partial charge on any atom is -0.462 e. The van der Waals surface area contributed by atoms with Gasteiger partial charge in [-0.2, -0.15) is 0 Å². The maximum atomic E-state index is 12.9. The van der Waals surface area contributed by atoms with Gasteiger partial charge in [-0.15, -0.1) is 0 Å². The van der Waals surface area contributed by atoms with E-state index in [2.05, 4.69) is 112 Å². The average molecular weight is 1040 g/mol. The number of hydrogen-bond acceptors (Lipinski definition) is 6. The normalized spacial score (nSPS) is 12.7. The van der Waals surface area contributed by atoms with Gasteiger partial charge >= 0.3 is 17.9 Å². The van der Waals surface area contributed by atoms with Crippen molar-refractivity contribution in [1.29, 1.82) is 0 Å². The van der Waals surface area contributed by atoms with Crippen LogP contribution in [0.4, 0.5) is 0 Å². The first-order valence-electron chi connectivity index (χ1n) is 31.7. The summed E-state index contributed by atoms with van der Waals surface area (Å²) in [6.45, 7) is 6.38. The Kier molecular flexibility index (Phi) is 59.8. The Bertz CT molecular complexity index is 1480. The largest absolute Gasteiger partial charge is 0.462 e. The number of ether oxygens (including phenoxy) is 3. The molecule has 1 unspecified atom stereocenters.